The minimum absolute atomic E-state index is 0.0525. The van der Waals surface area contributed by atoms with Crippen LogP contribution in [0.2, 0.25) is 0 Å². The van der Waals surface area contributed by atoms with E-state index in [2.05, 4.69) is 0 Å². The first-order chi connectivity index (χ1) is 6.16. The summed E-state index contributed by atoms with van der Waals surface area (Å²) in [5.41, 5.74) is -0.538. The minimum atomic E-state index is -0.922. The van der Waals surface area contributed by atoms with Gasteiger partial charge in [0, 0.05) is 11.6 Å². The Morgan fingerprint density at radius 1 is 1.62 bits per heavy atom. The van der Waals surface area contributed by atoms with Crippen LogP contribution in [0.25, 0.3) is 0 Å². The average molecular weight is 180 g/mol. The third-order valence-electron chi connectivity index (χ3n) is 1.52. The molecule has 1 aromatic rings. The average Bonchev–Trinajstić information content (AvgIpc) is 2.08. The summed E-state index contributed by atoms with van der Waals surface area (Å²) in [6.07, 6.45) is -0.159. The van der Waals surface area contributed by atoms with Crippen LogP contribution in [-0.2, 0) is 6.42 Å². The van der Waals surface area contributed by atoms with Crippen molar-refractivity contribution < 1.29 is 9.31 Å². The molecule has 4 nitrogen and oxygen atoms in total. The van der Waals surface area contributed by atoms with Crippen molar-refractivity contribution in [2.75, 3.05) is 0 Å². The molecule has 1 aromatic carbocycles. The van der Waals surface area contributed by atoms with Gasteiger partial charge in [0.25, 0.3) is 0 Å². The van der Waals surface area contributed by atoms with Crippen molar-refractivity contribution in [3.8, 4) is 6.07 Å². The Labute approximate surface area is 73.4 Å². The highest BCUT2D eigenvalue weighted by Gasteiger charge is 2.16. The minimum Gasteiger partial charge on any atom is -0.258 e. The molecule has 0 spiro atoms. The van der Waals surface area contributed by atoms with E-state index in [0.717, 1.165) is 6.07 Å². The zero-order valence-corrected chi connectivity index (χ0v) is 6.53. The lowest BCUT2D eigenvalue weighted by atomic mass is 10.1. The summed E-state index contributed by atoms with van der Waals surface area (Å²) in [6.45, 7) is 0. The van der Waals surface area contributed by atoms with Gasteiger partial charge in [0.1, 0.15) is 0 Å². The number of nitriles is 1. The molecule has 0 N–H and O–H groups in total. The van der Waals surface area contributed by atoms with Gasteiger partial charge >= 0.3 is 5.69 Å². The van der Waals surface area contributed by atoms with Gasteiger partial charge in [0.2, 0.25) is 5.82 Å². The van der Waals surface area contributed by atoms with Crippen LogP contribution in [-0.4, -0.2) is 4.92 Å². The Balaban J connectivity index is 3.20. The fourth-order valence-corrected chi connectivity index (χ4v) is 0.929. The number of nitro groups is 1. The highest BCUT2D eigenvalue weighted by Crippen LogP contribution is 2.19. The second-order valence-electron chi connectivity index (χ2n) is 2.34. The van der Waals surface area contributed by atoms with E-state index in [-0.39, 0.29) is 12.0 Å². The molecule has 5 heteroatoms. The van der Waals surface area contributed by atoms with Crippen LogP contribution in [0.3, 0.4) is 0 Å². The van der Waals surface area contributed by atoms with Gasteiger partial charge in [0.15, 0.2) is 0 Å². The van der Waals surface area contributed by atoms with Crippen LogP contribution in [0, 0.1) is 27.3 Å². The van der Waals surface area contributed by atoms with Gasteiger partial charge in [-0.15, -0.1) is 0 Å². The Morgan fingerprint density at radius 2 is 2.31 bits per heavy atom. The number of halogens is 1. The van der Waals surface area contributed by atoms with E-state index in [0.29, 0.717) is 0 Å². The zero-order chi connectivity index (χ0) is 9.84. The van der Waals surface area contributed by atoms with Gasteiger partial charge in [0.05, 0.1) is 17.4 Å². The van der Waals surface area contributed by atoms with Crippen LogP contribution >= 0.6 is 0 Å². The van der Waals surface area contributed by atoms with Gasteiger partial charge in [-0.25, -0.2) is 0 Å². The largest absolute Gasteiger partial charge is 0.305 e. The molecule has 0 fully saturated rings. The third-order valence-corrected chi connectivity index (χ3v) is 1.52. The molecule has 0 saturated carbocycles. The van der Waals surface area contributed by atoms with E-state index < -0.39 is 16.4 Å². The molecule has 13 heavy (non-hydrogen) atoms. The molecule has 0 saturated heterocycles. The summed E-state index contributed by atoms with van der Waals surface area (Å²) in [7, 11) is 0. The van der Waals surface area contributed by atoms with Crippen molar-refractivity contribution in [2.24, 2.45) is 0 Å². The third kappa shape index (κ3) is 1.79. The maximum Gasteiger partial charge on any atom is 0.305 e. The molecule has 0 amide bonds. The summed E-state index contributed by atoms with van der Waals surface area (Å²) < 4.78 is 13.1. The second kappa shape index (κ2) is 3.63. The number of nitrogens with zero attached hydrogens (tertiary/aromatic N) is 2. The maximum absolute atomic E-state index is 13.1. The summed E-state index contributed by atoms with van der Waals surface area (Å²) in [4.78, 5) is 9.45. The van der Waals surface area contributed by atoms with Gasteiger partial charge in [-0.3, -0.25) is 10.1 Å². The van der Waals surface area contributed by atoms with E-state index in [9.17, 15) is 14.5 Å². The standard InChI is InChI=1S/C8H5FN2O2/c9-8-6(4-5-10)2-1-3-7(8)11(12)13/h1-3H,4H2. The van der Waals surface area contributed by atoms with E-state index in [4.69, 9.17) is 5.26 Å². The zero-order valence-electron chi connectivity index (χ0n) is 6.53. The molecule has 0 aliphatic heterocycles. The predicted octanol–water partition coefficient (Wildman–Crippen LogP) is 1.80. The van der Waals surface area contributed by atoms with Crippen molar-refractivity contribution in [3.05, 3.63) is 39.7 Å². The van der Waals surface area contributed by atoms with Crippen LogP contribution in [0.1, 0.15) is 5.56 Å². The lowest BCUT2D eigenvalue weighted by molar-refractivity contribution is -0.387. The topological polar surface area (TPSA) is 66.9 Å². The predicted molar refractivity (Wildman–Crippen MR) is 42.4 cm³/mol. The van der Waals surface area contributed by atoms with Crippen molar-refractivity contribution in [2.45, 2.75) is 6.42 Å². The number of hydrogen-bond donors (Lipinski definition) is 0. The Bertz CT molecular complexity index is 384. The highest BCUT2D eigenvalue weighted by atomic mass is 19.1. The van der Waals surface area contributed by atoms with Crippen LogP contribution < -0.4 is 0 Å². The normalized spacial score (nSPS) is 9.23. The molecule has 0 aliphatic rings. The Hall–Kier alpha value is -1.96. The number of benzene rings is 1. The molecule has 0 heterocycles. The van der Waals surface area contributed by atoms with E-state index in [1.54, 1.807) is 6.07 Å². The van der Waals surface area contributed by atoms with Crippen molar-refractivity contribution >= 4 is 5.69 Å². The monoisotopic (exact) mass is 180 g/mol. The first kappa shape index (κ1) is 9.13. The Morgan fingerprint density at radius 3 is 2.85 bits per heavy atom. The van der Waals surface area contributed by atoms with Crippen molar-refractivity contribution in [1.82, 2.24) is 0 Å². The molecule has 0 aromatic heterocycles. The highest BCUT2D eigenvalue weighted by molar-refractivity contribution is 5.37. The molecule has 1 rings (SSSR count). The molecule has 0 atom stereocenters. The number of nitro benzene ring substituents is 1. The van der Waals surface area contributed by atoms with Crippen molar-refractivity contribution in [1.29, 1.82) is 5.26 Å². The summed E-state index contributed by atoms with van der Waals surface area (Å²) in [5, 5.41) is 18.5. The van der Waals surface area contributed by atoms with Crippen LogP contribution in [0.5, 0.6) is 0 Å². The molecule has 0 unspecified atom stereocenters. The lowest BCUT2D eigenvalue weighted by Gasteiger charge is -1.97. The first-order valence-corrected chi connectivity index (χ1v) is 3.45. The smallest absolute Gasteiger partial charge is 0.258 e. The van der Waals surface area contributed by atoms with E-state index >= 15 is 0 Å². The maximum atomic E-state index is 13.1. The fourth-order valence-electron chi connectivity index (χ4n) is 0.929. The molecule has 0 radical (unpaired) electrons. The van der Waals surface area contributed by atoms with E-state index in [1.807, 2.05) is 0 Å². The number of rotatable bonds is 2. The molecule has 0 aliphatic carbocycles. The summed E-state index contributed by atoms with van der Waals surface area (Å²) in [6, 6.07) is 5.50. The molecular weight excluding hydrogens is 175 g/mol. The fraction of sp³-hybridized carbons (Fsp3) is 0.125. The molecule has 66 valence electrons. The molecular formula is C8H5FN2O2. The van der Waals surface area contributed by atoms with Gasteiger partial charge in [-0.1, -0.05) is 12.1 Å². The second-order valence-corrected chi connectivity index (χ2v) is 2.34. The van der Waals surface area contributed by atoms with Gasteiger partial charge in [-0.05, 0) is 0 Å². The first-order valence-electron chi connectivity index (χ1n) is 3.45. The van der Waals surface area contributed by atoms with Gasteiger partial charge in [-0.2, -0.15) is 9.65 Å². The lowest BCUT2D eigenvalue weighted by Crippen LogP contribution is -1.96. The SMILES string of the molecule is N#CCc1cccc([N+](=O)[O-])c1F. The van der Waals surface area contributed by atoms with E-state index in [1.165, 1.54) is 12.1 Å². The number of hydrogen-bond acceptors (Lipinski definition) is 3. The van der Waals surface area contributed by atoms with Crippen LogP contribution in [0.4, 0.5) is 10.1 Å². The van der Waals surface area contributed by atoms with Crippen molar-refractivity contribution in [3.63, 3.8) is 0 Å². The Kier molecular flexibility index (Phi) is 2.55. The van der Waals surface area contributed by atoms with Crippen LogP contribution in [0.15, 0.2) is 18.2 Å². The molecule has 0 bridgehead atoms. The summed E-state index contributed by atoms with van der Waals surface area (Å²) >= 11 is 0. The summed E-state index contributed by atoms with van der Waals surface area (Å²) in [5.74, 6) is -0.922. The quantitative estimate of drug-likeness (QED) is 0.514. The van der Waals surface area contributed by atoms with Gasteiger partial charge < -0.3 is 0 Å².